The highest BCUT2D eigenvalue weighted by molar-refractivity contribution is 6.35. The topological polar surface area (TPSA) is 94.6 Å². The molecule has 0 bridgehead atoms. The van der Waals surface area contributed by atoms with Crippen molar-refractivity contribution in [3.05, 3.63) is 437 Å². The Kier molecular flexibility index (Phi) is 17.2. The fraction of sp³-hybridized carbons (Fsp3) is 0. The van der Waals surface area contributed by atoms with Gasteiger partial charge >= 0.3 is 0 Å². The maximum absolute atomic E-state index is 7.44. The molecule has 128 heavy (non-hydrogen) atoms. The molecule has 0 spiro atoms. The molecule has 0 fully saturated rings. The molecule has 0 unspecified atom stereocenters. The maximum Gasteiger partial charge on any atom is 0.187 e. The van der Waals surface area contributed by atoms with Crippen LogP contribution in [-0.4, -0.2) is 34.9 Å². The van der Waals surface area contributed by atoms with E-state index < -0.39 is 0 Å². The van der Waals surface area contributed by atoms with E-state index in [1.807, 2.05) is 61.3 Å². The van der Waals surface area contributed by atoms with E-state index in [0.29, 0.717) is 5.69 Å². The van der Waals surface area contributed by atoms with Gasteiger partial charge in [-0.15, -0.1) is 0 Å². The minimum absolute atomic E-state index is 0.639. The van der Waals surface area contributed by atoms with Crippen molar-refractivity contribution in [3.63, 3.8) is 0 Å². The third-order valence-electron chi connectivity index (χ3n) is 26.1. The molecule has 0 aliphatic carbocycles. The summed E-state index contributed by atoms with van der Waals surface area (Å²) in [5, 5.41) is 35.1. The quantitative estimate of drug-likeness (QED) is 0.0930. The van der Waals surface area contributed by atoms with Crippen LogP contribution in [0.25, 0.3) is 267 Å². The number of aromatic nitrogens is 7. The highest BCUT2D eigenvalue weighted by Gasteiger charge is 2.27. The molecule has 8 nitrogen and oxygen atoms in total. The highest BCUT2D eigenvalue weighted by atomic mass is 14.7. The Bertz CT molecular complexity index is 8890. The van der Waals surface area contributed by atoms with Crippen molar-refractivity contribution >= 4 is 200 Å². The van der Waals surface area contributed by atoms with E-state index in [2.05, 4.69) is 374 Å². The normalized spacial score (nSPS) is 11.7. The van der Waals surface area contributed by atoms with E-state index >= 15 is 0 Å². The van der Waals surface area contributed by atoms with Gasteiger partial charge < -0.3 is 0 Å². The number of nitrogens with zero attached hydrogens (tertiary/aromatic N) is 8. The second-order valence-electron chi connectivity index (χ2n) is 32.9. The Hall–Kier alpha value is -17.4. The lowest BCUT2D eigenvalue weighted by molar-refractivity contribution is 1.33. The van der Waals surface area contributed by atoms with Crippen LogP contribution in [0.2, 0.25) is 0 Å². The van der Waals surface area contributed by atoms with Crippen molar-refractivity contribution in [1.82, 2.24) is 34.9 Å². The van der Waals surface area contributed by atoms with Crippen molar-refractivity contribution in [2.45, 2.75) is 0 Å². The van der Waals surface area contributed by atoms with E-state index in [1.54, 1.807) is 0 Å². The predicted molar refractivity (Wildman–Crippen MR) is 538 cm³/mol. The van der Waals surface area contributed by atoms with Gasteiger partial charge in [0.05, 0.1) is 56.8 Å². The molecule has 0 radical (unpaired) electrons. The maximum atomic E-state index is 7.44. The summed E-state index contributed by atoms with van der Waals surface area (Å²) in [5.74, 6) is 0. The van der Waals surface area contributed by atoms with Crippen LogP contribution in [0, 0.1) is 6.57 Å². The van der Waals surface area contributed by atoms with Crippen LogP contribution in [0.15, 0.2) is 425 Å². The Morgan fingerprint density at radius 1 is 0.172 bits per heavy atom. The third-order valence-corrected chi connectivity index (χ3v) is 26.1. The molecule has 0 saturated heterocycles. The fourth-order valence-corrected chi connectivity index (χ4v) is 20.7. The molecule has 0 N–H and O–H groups in total. The average Bonchev–Trinajstić information content (AvgIpc) is 0.717. The monoisotopic (exact) mass is 1620 g/mol. The Labute approximate surface area is 734 Å². The molecule has 8 heteroatoms. The molecule has 20 aromatic carbocycles. The van der Waals surface area contributed by atoms with Crippen LogP contribution in [0.1, 0.15) is 0 Å². The first kappa shape index (κ1) is 73.3. The molecule has 0 saturated carbocycles. The average molecular weight is 1620 g/mol. The zero-order valence-corrected chi connectivity index (χ0v) is 69.0. The smallest absolute Gasteiger partial charge is 0.187 e. The number of hydrogen-bond donors (Lipinski definition) is 0. The van der Waals surface area contributed by atoms with Crippen molar-refractivity contribution in [2.24, 2.45) is 0 Å². The number of rotatable bonds is 6. The number of hydrogen-bond acceptors (Lipinski definition) is 7. The minimum atomic E-state index is 0.639. The molecule has 0 amide bonds. The van der Waals surface area contributed by atoms with E-state index in [1.165, 1.54) is 114 Å². The molecule has 7 aromatic heterocycles. The summed E-state index contributed by atoms with van der Waals surface area (Å²) in [6.07, 6.45) is 9.41. The zero-order chi connectivity index (χ0) is 84.4. The predicted octanol–water partition coefficient (Wildman–Crippen LogP) is 32.1. The first-order valence-corrected chi connectivity index (χ1v) is 43.3. The molecule has 0 atom stereocenters. The van der Waals surface area contributed by atoms with Crippen LogP contribution in [0.5, 0.6) is 0 Å². The van der Waals surface area contributed by atoms with Crippen molar-refractivity contribution in [3.8, 4) is 67.2 Å². The zero-order valence-electron chi connectivity index (χ0n) is 69.0. The Morgan fingerprint density at radius 3 is 0.727 bits per heavy atom. The molecule has 27 aromatic rings. The van der Waals surface area contributed by atoms with Crippen molar-refractivity contribution in [1.29, 1.82) is 0 Å². The van der Waals surface area contributed by atoms with Gasteiger partial charge in [-0.05, 0) is 163 Å². The molecular formula is C120H70N8. The SMILES string of the molecule is [C-]#[N+]c1ccc(-c2c3ccccc3c(-c3nc4ccccc4c4c3ccc3ccc5cccnc5c34)c3ccccc23)cc1.c1ccc(-c2c3ccccc3c(-c3nc4ccccc4c4c3ccc3ccc5cccnc5c34)c3ccccc23)cc1.c1cnc2c(c1)ccc1ccc3c(-c4c5ccccc5c(-c5ccncc5)c5ccccc45)nc4ccccc4c3c12. The second-order valence-corrected chi connectivity index (χ2v) is 32.9. The van der Waals surface area contributed by atoms with Gasteiger partial charge in [-0.2, -0.15) is 0 Å². The van der Waals surface area contributed by atoms with Crippen molar-refractivity contribution < 1.29 is 0 Å². The molecule has 0 aliphatic rings. The van der Waals surface area contributed by atoms with E-state index in [-0.39, 0.29) is 0 Å². The fourth-order valence-electron chi connectivity index (χ4n) is 20.7. The van der Waals surface area contributed by atoms with E-state index in [0.717, 1.165) is 148 Å². The number of benzene rings is 20. The Morgan fingerprint density at radius 2 is 0.422 bits per heavy atom. The van der Waals surface area contributed by atoms with Crippen LogP contribution in [0.4, 0.5) is 5.69 Å². The van der Waals surface area contributed by atoms with Gasteiger partial charge in [-0.25, -0.2) is 19.8 Å². The van der Waals surface area contributed by atoms with Crippen LogP contribution in [-0.2, 0) is 0 Å². The summed E-state index contributed by atoms with van der Waals surface area (Å²) in [4.78, 5) is 38.9. The highest BCUT2D eigenvalue weighted by Crippen LogP contribution is 2.52. The first-order chi connectivity index (χ1) is 63.5. The van der Waals surface area contributed by atoms with Gasteiger partial charge in [-0.1, -0.05) is 346 Å². The van der Waals surface area contributed by atoms with E-state index in [4.69, 9.17) is 36.5 Å². The summed E-state index contributed by atoms with van der Waals surface area (Å²) in [7, 11) is 0. The summed E-state index contributed by atoms with van der Waals surface area (Å²) in [6.45, 7) is 7.44. The van der Waals surface area contributed by atoms with Crippen LogP contribution < -0.4 is 0 Å². The lowest BCUT2D eigenvalue weighted by Gasteiger charge is -2.19. The summed E-state index contributed by atoms with van der Waals surface area (Å²) < 4.78 is 0. The number of pyridine rings is 7. The largest absolute Gasteiger partial charge is 0.265 e. The second kappa shape index (κ2) is 30.0. The minimum Gasteiger partial charge on any atom is -0.265 e. The lowest BCUT2D eigenvalue weighted by Crippen LogP contribution is -1.95. The molecular weight excluding hydrogens is 1550 g/mol. The lowest BCUT2D eigenvalue weighted by atomic mass is 9.85. The van der Waals surface area contributed by atoms with Gasteiger partial charge in [0, 0.05) is 128 Å². The van der Waals surface area contributed by atoms with Gasteiger partial charge in [0.1, 0.15) is 0 Å². The third kappa shape index (κ3) is 11.6. The van der Waals surface area contributed by atoms with Crippen molar-refractivity contribution in [2.75, 3.05) is 0 Å². The Balaban J connectivity index is 0.000000104. The van der Waals surface area contributed by atoms with E-state index in [9.17, 15) is 0 Å². The van der Waals surface area contributed by atoms with Crippen LogP contribution >= 0.6 is 0 Å². The standard InChI is InChI=1S/C41H23N3.C40H24N2.C39H23N3/c1-42-28-21-18-25(19-22-28)36-29-10-2-4-12-31(29)39(32-13-5-3-11-30(32)36)41-34-23-20-26-16-17-27-9-8-24-43-40(27)37(26)38(34)33-14-6-7-15-35(33)44-41;1-2-11-25(12-3-1)35-28-14-4-6-16-30(28)38(31-17-7-5-15-29(31)35)40-33-23-22-26-20-21-27-13-10-24-41-39(27)36(26)37(33)32-18-8-9-19-34(32)42-40;1-3-11-29-27(9-1)34(25-19-22-40-23-20-25)28-10-2-4-12-30(28)37(29)39-32-18-17-24-15-16-26-8-7-21-41-38(26)35(24)36(32)31-13-5-6-14-33(31)42-39/h2-24H;1-24H;1-23H. The van der Waals surface area contributed by atoms with Gasteiger partial charge in [-0.3, -0.25) is 19.9 Å². The number of fused-ring (bicyclic) bond motifs is 27. The van der Waals surface area contributed by atoms with Gasteiger partial charge in [0.25, 0.3) is 0 Å². The summed E-state index contributed by atoms with van der Waals surface area (Å²) in [5.41, 5.74) is 20.2. The first-order valence-electron chi connectivity index (χ1n) is 43.3. The molecule has 590 valence electrons. The van der Waals surface area contributed by atoms with Gasteiger partial charge in [0.15, 0.2) is 5.69 Å². The number of para-hydroxylation sites is 3. The van der Waals surface area contributed by atoms with Crippen LogP contribution in [0.3, 0.4) is 0 Å². The molecule has 27 rings (SSSR count). The summed E-state index contributed by atoms with van der Waals surface area (Å²) in [6, 6.07) is 140. The van der Waals surface area contributed by atoms with Gasteiger partial charge in [0.2, 0.25) is 0 Å². The molecule has 0 aliphatic heterocycles. The summed E-state index contributed by atoms with van der Waals surface area (Å²) >= 11 is 0. The molecule has 7 heterocycles.